The van der Waals surface area contributed by atoms with Gasteiger partial charge in [0.25, 0.3) is 0 Å². The van der Waals surface area contributed by atoms with Crippen molar-refractivity contribution >= 4 is 40.8 Å². The van der Waals surface area contributed by atoms with Crippen LogP contribution in [0, 0.1) is 29.6 Å². The number of benzene rings is 1. The molecule has 0 amide bonds. The van der Waals surface area contributed by atoms with E-state index in [1.54, 1.807) is 32.0 Å². The van der Waals surface area contributed by atoms with Crippen molar-refractivity contribution in [2.24, 2.45) is 0 Å². The lowest BCUT2D eigenvalue weighted by atomic mass is 10.0. The Hall–Kier alpha value is -3.13. The maximum Gasteiger partial charge on any atom is 0.348 e. The first-order valence-electron chi connectivity index (χ1n) is 8.54. The van der Waals surface area contributed by atoms with E-state index in [4.69, 9.17) is 21.1 Å². The number of thiophene rings is 1. The van der Waals surface area contributed by atoms with E-state index in [0.29, 0.717) is 26.8 Å². The normalized spacial score (nSPS) is 10.8. The highest BCUT2D eigenvalue weighted by Gasteiger charge is 2.23. The second-order valence-corrected chi connectivity index (χ2v) is 7.36. The lowest BCUT2D eigenvalue weighted by Crippen LogP contribution is -2.05. The SMILES string of the molecule is CCOC(=O)c1sc(CC(=O)/C(C#N)=C\c2ccc(OC)c(Cl)c2)c(C#N)c1C. The standard InChI is InChI=1S/C21H17ClN2O4S/c1-4-28-21(26)20-12(2)15(11-24)19(29-20)9-17(25)14(10-23)7-13-5-6-18(27-3)16(22)8-13/h5-8H,4,9H2,1-3H3/b14-7-. The van der Waals surface area contributed by atoms with Crippen LogP contribution in [0.4, 0.5) is 0 Å². The van der Waals surface area contributed by atoms with Crippen LogP contribution in [-0.4, -0.2) is 25.5 Å². The molecule has 2 aromatic rings. The Kier molecular flexibility index (Phi) is 7.55. The van der Waals surface area contributed by atoms with Gasteiger partial charge in [0.1, 0.15) is 22.8 Å². The molecule has 0 N–H and O–H groups in total. The van der Waals surface area contributed by atoms with E-state index in [-0.39, 0.29) is 29.0 Å². The van der Waals surface area contributed by atoms with Crippen LogP contribution in [0.3, 0.4) is 0 Å². The summed E-state index contributed by atoms with van der Waals surface area (Å²) in [6.07, 6.45) is 1.25. The Morgan fingerprint density at radius 3 is 2.59 bits per heavy atom. The highest BCUT2D eigenvalue weighted by molar-refractivity contribution is 7.14. The number of allylic oxidation sites excluding steroid dienone is 1. The summed E-state index contributed by atoms with van der Waals surface area (Å²) in [5.41, 5.74) is 1.22. The van der Waals surface area contributed by atoms with Crippen LogP contribution in [0.15, 0.2) is 23.8 Å². The summed E-state index contributed by atoms with van der Waals surface area (Å²) in [6, 6.07) is 8.81. The molecule has 0 saturated heterocycles. The lowest BCUT2D eigenvalue weighted by Gasteiger charge is -2.04. The fraction of sp³-hybridized carbons (Fsp3) is 0.238. The highest BCUT2D eigenvalue weighted by atomic mass is 35.5. The van der Waals surface area contributed by atoms with E-state index in [9.17, 15) is 20.1 Å². The number of Topliss-reactive ketones (excluding diaryl/α,β-unsaturated/α-hetero) is 1. The van der Waals surface area contributed by atoms with Crippen molar-refractivity contribution in [3.8, 4) is 17.9 Å². The first-order chi connectivity index (χ1) is 13.9. The van der Waals surface area contributed by atoms with Crippen molar-refractivity contribution in [2.45, 2.75) is 20.3 Å². The summed E-state index contributed by atoms with van der Waals surface area (Å²) in [5.74, 6) is -0.519. The van der Waals surface area contributed by atoms with Gasteiger partial charge in [0.15, 0.2) is 5.78 Å². The van der Waals surface area contributed by atoms with E-state index in [1.807, 2.05) is 12.1 Å². The fourth-order valence-corrected chi connectivity index (χ4v) is 4.00. The molecule has 1 heterocycles. The summed E-state index contributed by atoms with van der Waals surface area (Å²) in [4.78, 5) is 25.4. The first-order valence-corrected chi connectivity index (χ1v) is 9.73. The van der Waals surface area contributed by atoms with Crippen molar-refractivity contribution in [1.29, 1.82) is 10.5 Å². The number of hydrogen-bond donors (Lipinski definition) is 0. The van der Waals surface area contributed by atoms with Crippen molar-refractivity contribution in [1.82, 2.24) is 0 Å². The molecule has 29 heavy (non-hydrogen) atoms. The molecule has 2 rings (SSSR count). The Balaban J connectivity index is 2.34. The molecule has 0 unspecified atom stereocenters. The number of carbonyl (C=O) groups excluding carboxylic acids is 2. The average Bonchev–Trinajstić information content (AvgIpc) is 3.01. The average molecular weight is 429 g/mol. The number of carbonyl (C=O) groups is 2. The van der Waals surface area contributed by atoms with Gasteiger partial charge in [-0.25, -0.2) is 4.79 Å². The molecule has 0 aliphatic carbocycles. The molecular weight excluding hydrogens is 412 g/mol. The molecule has 0 atom stereocenters. The molecule has 8 heteroatoms. The molecule has 0 spiro atoms. The number of nitrogens with zero attached hydrogens (tertiary/aromatic N) is 2. The van der Waals surface area contributed by atoms with Gasteiger partial charge in [0.05, 0.1) is 29.9 Å². The molecule has 0 radical (unpaired) electrons. The van der Waals surface area contributed by atoms with E-state index >= 15 is 0 Å². The van der Waals surface area contributed by atoms with Crippen molar-refractivity contribution in [2.75, 3.05) is 13.7 Å². The molecule has 0 aliphatic rings. The third-order valence-electron chi connectivity index (χ3n) is 4.02. The highest BCUT2D eigenvalue weighted by Crippen LogP contribution is 2.30. The number of ether oxygens (including phenoxy) is 2. The fourth-order valence-electron chi connectivity index (χ4n) is 2.59. The second kappa shape index (κ2) is 9.88. The van der Waals surface area contributed by atoms with Gasteiger partial charge in [-0.1, -0.05) is 17.7 Å². The number of hydrogen-bond acceptors (Lipinski definition) is 7. The van der Waals surface area contributed by atoms with Crippen LogP contribution in [0.2, 0.25) is 5.02 Å². The van der Waals surface area contributed by atoms with Crippen LogP contribution in [0.1, 0.15) is 38.2 Å². The number of methoxy groups -OCH3 is 1. The number of esters is 1. The number of ketones is 1. The van der Waals surface area contributed by atoms with Gasteiger partial charge in [0, 0.05) is 11.3 Å². The molecule has 1 aromatic carbocycles. The van der Waals surface area contributed by atoms with Gasteiger partial charge in [0.2, 0.25) is 0 Å². The molecule has 1 aromatic heterocycles. The Morgan fingerprint density at radius 2 is 2.03 bits per heavy atom. The number of rotatable bonds is 7. The van der Waals surface area contributed by atoms with Gasteiger partial charge in [-0.15, -0.1) is 11.3 Å². The lowest BCUT2D eigenvalue weighted by molar-refractivity contribution is -0.114. The maximum atomic E-state index is 12.7. The zero-order valence-corrected chi connectivity index (χ0v) is 17.6. The van der Waals surface area contributed by atoms with E-state index in [1.165, 1.54) is 13.2 Å². The van der Waals surface area contributed by atoms with Crippen LogP contribution in [0.5, 0.6) is 5.75 Å². The first kappa shape index (κ1) is 22.2. The topological polar surface area (TPSA) is 100 Å². The third kappa shape index (κ3) is 5.03. The minimum atomic E-state index is -0.533. The summed E-state index contributed by atoms with van der Waals surface area (Å²) in [6.45, 7) is 3.53. The quantitative estimate of drug-likeness (QED) is 0.366. The molecule has 6 nitrogen and oxygen atoms in total. The predicted octanol–water partition coefficient (Wildman–Crippen LogP) is 4.49. The van der Waals surface area contributed by atoms with E-state index in [0.717, 1.165) is 11.3 Å². The Labute approximate surface area is 177 Å². The molecule has 148 valence electrons. The summed E-state index contributed by atoms with van der Waals surface area (Å²) in [5, 5.41) is 19.2. The molecule has 0 saturated carbocycles. The van der Waals surface area contributed by atoms with Crippen LogP contribution < -0.4 is 4.74 Å². The Morgan fingerprint density at radius 1 is 1.31 bits per heavy atom. The zero-order chi connectivity index (χ0) is 21.6. The second-order valence-electron chi connectivity index (χ2n) is 5.85. The molecule has 0 aliphatic heterocycles. The molecule has 0 bridgehead atoms. The number of nitriles is 2. The maximum absolute atomic E-state index is 12.7. The van der Waals surface area contributed by atoms with Crippen LogP contribution in [-0.2, 0) is 16.0 Å². The van der Waals surface area contributed by atoms with E-state index in [2.05, 4.69) is 0 Å². The third-order valence-corrected chi connectivity index (χ3v) is 5.59. The van der Waals surface area contributed by atoms with Crippen LogP contribution in [0.25, 0.3) is 6.08 Å². The van der Waals surface area contributed by atoms with Crippen molar-refractivity contribution in [3.63, 3.8) is 0 Å². The molecule has 0 fully saturated rings. The minimum Gasteiger partial charge on any atom is -0.495 e. The van der Waals surface area contributed by atoms with Gasteiger partial charge in [-0.05, 0) is 43.2 Å². The number of halogens is 1. The van der Waals surface area contributed by atoms with Crippen molar-refractivity contribution in [3.05, 3.63) is 55.2 Å². The van der Waals surface area contributed by atoms with Gasteiger partial charge < -0.3 is 9.47 Å². The zero-order valence-electron chi connectivity index (χ0n) is 16.0. The minimum absolute atomic E-state index is 0.0844. The van der Waals surface area contributed by atoms with Gasteiger partial charge in [-0.2, -0.15) is 10.5 Å². The summed E-state index contributed by atoms with van der Waals surface area (Å²) >= 11 is 7.12. The smallest absolute Gasteiger partial charge is 0.348 e. The van der Waals surface area contributed by atoms with Crippen LogP contribution >= 0.6 is 22.9 Å². The van der Waals surface area contributed by atoms with Gasteiger partial charge >= 0.3 is 5.97 Å². The summed E-state index contributed by atoms with van der Waals surface area (Å²) < 4.78 is 10.1. The summed E-state index contributed by atoms with van der Waals surface area (Å²) in [7, 11) is 1.49. The van der Waals surface area contributed by atoms with Gasteiger partial charge in [-0.3, -0.25) is 4.79 Å². The predicted molar refractivity (Wildman–Crippen MR) is 110 cm³/mol. The largest absolute Gasteiger partial charge is 0.495 e. The molecular formula is C21H17ClN2O4S. The van der Waals surface area contributed by atoms with Crippen molar-refractivity contribution < 1.29 is 19.1 Å². The van der Waals surface area contributed by atoms with E-state index < -0.39 is 11.8 Å². The monoisotopic (exact) mass is 428 g/mol. The Bertz CT molecular complexity index is 1070.